The Hall–Kier alpha value is -3.52. The molecular formula is C26H20N2. The molecule has 2 nitrogen and oxygen atoms in total. The minimum Gasteiger partial charge on any atom is -0.354 e. The van der Waals surface area contributed by atoms with Crippen LogP contribution < -0.4 is 4.90 Å². The monoisotopic (exact) mass is 360 g/mol. The molecule has 3 aromatic carbocycles. The van der Waals surface area contributed by atoms with Crippen LogP contribution in [0, 0.1) is 0 Å². The number of allylic oxidation sites excluding steroid dienone is 1. The van der Waals surface area contributed by atoms with Crippen LogP contribution in [0.1, 0.15) is 17.7 Å². The van der Waals surface area contributed by atoms with Crippen LogP contribution in [-0.2, 0) is 6.42 Å². The molecule has 2 heteroatoms. The van der Waals surface area contributed by atoms with Crippen LogP contribution in [0.3, 0.4) is 0 Å². The highest BCUT2D eigenvalue weighted by Crippen LogP contribution is 2.52. The number of benzene rings is 3. The number of fused-ring (bicyclic) bond motifs is 7. The molecule has 0 saturated heterocycles. The first kappa shape index (κ1) is 15.5. The van der Waals surface area contributed by atoms with Gasteiger partial charge in [0.05, 0.1) is 17.1 Å². The molecule has 2 heterocycles. The molecule has 28 heavy (non-hydrogen) atoms. The SMILES string of the molecule is C1=Cc2[nH]c3c(c2CC1)-c1ccccc1N(c1ccccc1)c1ccccc1-3. The molecule has 0 fully saturated rings. The third kappa shape index (κ3) is 2.15. The van der Waals surface area contributed by atoms with E-state index in [9.17, 15) is 0 Å². The Bertz CT molecular complexity index is 1210. The van der Waals surface area contributed by atoms with Crippen molar-refractivity contribution in [3.05, 3.63) is 96.2 Å². The number of anilines is 3. The first-order valence-corrected chi connectivity index (χ1v) is 9.87. The van der Waals surface area contributed by atoms with E-state index in [1.165, 1.54) is 50.7 Å². The second-order valence-corrected chi connectivity index (χ2v) is 7.41. The molecule has 134 valence electrons. The summed E-state index contributed by atoms with van der Waals surface area (Å²) in [5.74, 6) is 0. The van der Waals surface area contributed by atoms with Crippen molar-refractivity contribution in [1.29, 1.82) is 0 Å². The lowest BCUT2D eigenvalue weighted by Gasteiger charge is -2.27. The van der Waals surface area contributed by atoms with Crippen LogP contribution >= 0.6 is 0 Å². The smallest absolute Gasteiger partial charge is 0.0563 e. The highest BCUT2D eigenvalue weighted by atomic mass is 15.2. The lowest BCUT2D eigenvalue weighted by atomic mass is 9.92. The van der Waals surface area contributed by atoms with Crippen molar-refractivity contribution >= 4 is 23.1 Å². The lowest BCUT2D eigenvalue weighted by Crippen LogP contribution is -2.10. The average molecular weight is 360 g/mol. The van der Waals surface area contributed by atoms with Gasteiger partial charge in [-0.05, 0) is 48.7 Å². The van der Waals surface area contributed by atoms with Crippen molar-refractivity contribution in [2.45, 2.75) is 12.8 Å². The van der Waals surface area contributed by atoms with Gasteiger partial charge in [0.1, 0.15) is 0 Å². The molecule has 1 aliphatic heterocycles. The molecular weight excluding hydrogens is 340 g/mol. The van der Waals surface area contributed by atoms with E-state index >= 15 is 0 Å². The molecule has 1 N–H and O–H groups in total. The standard InChI is InChI=1S/C26H20N2/c1-2-10-18(11-3-1)28-23-16-8-5-13-20(23)25-19-12-4-7-15-22(19)27-26(25)21-14-6-9-17-24(21)28/h1-3,5-11,13-17,27H,4,12H2. The minimum atomic E-state index is 1.08. The number of aromatic amines is 1. The molecule has 0 bridgehead atoms. The summed E-state index contributed by atoms with van der Waals surface area (Å²) in [7, 11) is 0. The zero-order chi connectivity index (χ0) is 18.5. The van der Waals surface area contributed by atoms with Crippen LogP contribution in [0.2, 0.25) is 0 Å². The molecule has 2 aliphatic rings. The third-order valence-corrected chi connectivity index (χ3v) is 5.83. The normalized spacial score (nSPS) is 13.9. The first-order chi connectivity index (χ1) is 13.9. The summed E-state index contributed by atoms with van der Waals surface area (Å²) in [6.07, 6.45) is 6.70. The Morgan fingerprint density at radius 2 is 1.39 bits per heavy atom. The van der Waals surface area contributed by atoms with E-state index in [0.717, 1.165) is 12.8 Å². The lowest BCUT2D eigenvalue weighted by molar-refractivity contribution is 0.986. The zero-order valence-electron chi connectivity index (χ0n) is 15.5. The molecule has 0 radical (unpaired) electrons. The highest BCUT2D eigenvalue weighted by molar-refractivity contribution is 6.03. The van der Waals surface area contributed by atoms with Gasteiger partial charge in [-0.15, -0.1) is 0 Å². The van der Waals surface area contributed by atoms with Crippen LogP contribution in [-0.4, -0.2) is 4.98 Å². The number of nitrogens with zero attached hydrogens (tertiary/aromatic N) is 1. The zero-order valence-corrected chi connectivity index (χ0v) is 15.5. The molecule has 1 aliphatic carbocycles. The Balaban J connectivity index is 1.75. The quantitative estimate of drug-likeness (QED) is 0.338. The molecule has 0 saturated carbocycles. The Kier molecular flexibility index (Phi) is 3.33. The van der Waals surface area contributed by atoms with Gasteiger partial charge in [-0.25, -0.2) is 0 Å². The Morgan fingerprint density at radius 1 is 0.714 bits per heavy atom. The van der Waals surface area contributed by atoms with Crippen LogP contribution in [0.25, 0.3) is 28.5 Å². The third-order valence-electron chi connectivity index (χ3n) is 5.83. The number of hydrogen-bond donors (Lipinski definition) is 1. The molecule has 4 aromatic rings. The summed E-state index contributed by atoms with van der Waals surface area (Å²) in [4.78, 5) is 6.14. The maximum atomic E-state index is 3.75. The van der Waals surface area contributed by atoms with E-state index < -0.39 is 0 Å². The molecule has 6 rings (SSSR count). The van der Waals surface area contributed by atoms with Crippen molar-refractivity contribution in [2.75, 3.05) is 4.90 Å². The van der Waals surface area contributed by atoms with Crippen LogP contribution in [0.5, 0.6) is 0 Å². The molecule has 0 spiro atoms. The number of aromatic nitrogens is 1. The summed E-state index contributed by atoms with van der Waals surface area (Å²) in [6, 6.07) is 28.2. The fourth-order valence-electron chi connectivity index (χ4n) is 4.63. The fraction of sp³-hybridized carbons (Fsp3) is 0.0769. The summed E-state index contributed by atoms with van der Waals surface area (Å²) < 4.78 is 0. The van der Waals surface area contributed by atoms with E-state index in [-0.39, 0.29) is 0 Å². The van der Waals surface area contributed by atoms with Crippen molar-refractivity contribution in [3.63, 3.8) is 0 Å². The van der Waals surface area contributed by atoms with E-state index in [0.29, 0.717) is 0 Å². The minimum absolute atomic E-state index is 1.08. The van der Waals surface area contributed by atoms with Gasteiger partial charge >= 0.3 is 0 Å². The fourth-order valence-corrected chi connectivity index (χ4v) is 4.63. The second kappa shape index (κ2) is 6.00. The van der Waals surface area contributed by atoms with Gasteiger partial charge in [-0.1, -0.05) is 60.7 Å². The molecule has 0 unspecified atom stereocenters. The topological polar surface area (TPSA) is 19.0 Å². The Labute approximate surface area is 164 Å². The largest absolute Gasteiger partial charge is 0.354 e. The maximum Gasteiger partial charge on any atom is 0.0563 e. The van der Waals surface area contributed by atoms with E-state index in [2.05, 4.69) is 101 Å². The molecule has 0 amide bonds. The second-order valence-electron chi connectivity index (χ2n) is 7.41. The highest BCUT2D eigenvalue weighted by Gasteiger charge is 2.29. The van der Waals surface area contributed by atoms with Crippen molar-refractivity contribution in [2.24, 2.45) is 0 Å². The van der Waals surface area contributed by atoms with E-state index in [1.807, 2.05) is 0 Å². The van der Waals surface area contributed by atoms with Gasteiger partial charge in [0.25, 0.3) is 0 Å². The summed E-state index contributed by atoms with van der Waals surface area (Å²) >= 11 is 0. The predicted molar refractivity (Wildman–Crippen MR) is 117 cm³/mol. The number of hydrogen-bond acceptors (Lipinski definition) is 1. The predicted octanol–water partition coefficient (Wildman–Crippen LogP) is 7.09. The summed E-state index contributed by atoms with van der Waals surface area (Å²) in [5.41, 5.74) is 11.5. The van der Waals surface area contributed by atoms with Crippen molar-refractivity contribution in [1.82, 2.24) is 4.98 Å². The maximum absolute atomic E-state index is 3.75. The number of rotatable bonds is 1. The summed E-state index contributed by atoms with van der Waals surface area (Å²) in [6.45, 7) is 0. The summed E-state index contributed by atoms with van der Waals surface area (Å²) in [5, 5.41) is 0. The van der Waals surface area contributed by atoms with E-state index in [4.69, 9.17) is 0 Å². The number of nitrogens with one attached hydrogen (secondary N) is 1. The first-order valence-electron chi connectivity index (χ1n) is 9.87. The average Bonchev–Trinajstić information content (AvgIpc) is 3.09. The molecule has 0 atom stereocenters. The van der Waals surface area contributed by atoms with Gasteiger partial charge in [0, 0.05) is 28.1 Å². The number of para-hydroxylation sites is 3. The molecule has 1 aromatic heterocycles. The van der Waals surface area contributed by atoms with Crippen molar-refractivity contribution < 1.29 is 0 Å². The van der Waals surface area contributed by atoms with Gasteiger partial charge in [-0.2, -0.15) is 0 Å². The van der Waals surface area contributed by atoms with E-state index in [1.54, 1.807) is 0 Å². The number of H-pyrrole nitrogens is 1. The van der Waals surface area contributed by atoms with Gasteiger partial charge in [-0.3, -0.25) is 0 Å². The Morgan fingerprint density at radius 3 is 2.21 bits per heavy atom. The van der Waals surface area contributed by atoms with Gasteiger partial charge in [0.2, 0.25) is 0 Å². The van der Waals surface area contributed by atoms with Crippen LogP contribution in [0.15, 0.2) is 84.9 Å². The van der Waals surface area contributed by atoms with Crippen LogP contribution in [0.4, 0.5) is 17.1 Å². The van der Waals surface area contributed by atoms with Gasteiger partial charge < -0.3 is 9.88 Å². The van der Waals surface area contributed by atoms with Gasteiger partial charge in [0.15, 0.2) is 0 Å². The van der Waals surface area contributed by atoms with Crippen molar-refractivity contribution in [3.8, 4) is 22.4 Å².